The zero-order valence-corrected chi connectivity index (χ0v) is 15.5. The number of halogens is 3. The molecule has 3 aromatic rings. The number of aromatic amines is 1. The van der Waals surface area contributed by atoms with Crippen LogP contribution in [0.4, 0.5) is 13.2 Å². The number of imidazole rings is 1. The zero-order valence-electron chi connectivity index (χ0n) is 15.5. The summed E-state index contributed by atoms with van der Waals surface area (Å²) in [5.74, 6) is 0.523. The van der Waals surface area contributed by atoms with Crippen molar-refractivity contribution in [1.82, 2.24) is 20.3 Å². The lowest BCUT2D eigenvalue weighted by atomic mass is 10.1. The normalized spacial score (nSPS) is 19.7. The second kappa shape index (κ2) is 7.38. The average molecular weight is 404 g/mol. The van der Waals surface area contributed by atoms with Crippen LogP contribution in [0, 0.1) is 5.92 Å². The van der Waals surface area contributed by atoms with Crippen molar-refractivity contribution in [1.29, 1.82) is 0 Å². The molecule has 6 nitrogen and oxygen atoms in total. The number of carbonyl (C=O) groups is 1. The predicted octanol–water partition coefficient (Wildman–Crippen LogP) is 3.88. The van der Waals surface area contributed by atoms with Gasteiger partial charge in [0.25, 0.3) is 0 Å². The van der Waals surface area contributed by atoms with Crippen LogP contribution in [0.1, 0.15) is 36.7 Å². The predicted molar refractivity (Wildman–Crippen MR) is 99.3 cm³/mol. The van der Waals surface area contributed by atoms with Crippen LogP contribution in [0.25, 0.3) is 11.0 Å². The Morgan fingerprint density at radius 1 is 1.31 bits per heavy atom. The second-order valence-corrected chi connectivity index (χ2v) is 7.15. The highest BCUT2D eigenvalue weighted by atomic mass is 19.4. The Balaban J connectivity index is 1.33. The molecule has 1 saturated carbocycles. The second-order valence-electron chi connectivity index (χ2n) is 7.15. The third-order valence-corrected chi connectivity index (χ3v) is 4.89. The number of para-hydroxylation sites is 2. The number of hydrogen-bond donors (Lipinski definition) is 2. The van der Waals surface area contributed by atoms with Gasteiger partial charge in [0.05, 0.1) is 17.1 Å². The maximum atomic E-state index is 12.5. The third-order valence-electron chi connectivity index (χ3n) is 4.89. The molecule has 1 fully saturated rings. The first kappa shape index (κ1) is 19.2. The average Bonchev–Trinajstić information content (AvgIpc) is 3.38. The smallest absolute Gasteiger partial charge is 0.422 e. The topological polar surface area (TPSA) is 79.9 Å². The summed E-state index contributed by atoms with van der Waals surface area (Å²) in [5.41, 5.74) is 2.50. The molecule has 1 aromatic carbocycles. The van der Waals surface area contributed by atoms with E-state index in [2.05, 4.69) is 25.0 Å². The molecule has 0 bridgehead atoms. The van der Waals surface area contributed by atoms with Crippen LogP contribution in [0.5, 0.6) is 5.88 Å². The molecule has 2 N–H and O–H groups in total. The van der Waals surface area contributed by atoms with Gasteiger partial charge in [-0.25, -0.2) is 9.97 Å². The zero-order chi connectivity index (χ0) is 20.6. The number of aromatic nitrogens is 3. The lowest BCUT2D eigenvalue weighted by molar-refractivity contribution is -0.154. The van der Waals surface area contributed by atoms with E-state index in [0.29, 0.717) is 5.56 Å². The summed E-state index contributed by atoms with van der Waals surface area (Å²) >= 11 is 0. The summed E-state index contributed by atoms with van der Waals surface area (Å²) in [4.78, 5) is 24.2. The summed E-state index contributed by atoms with van der Waals surface area (Å²) in [5, 5.41) is 2.93. The molecular weight excluding hydrogens is 385 g/mol. The van der Waals surface area contributed by atoms with E-state index in [-0.39, 0.29) is 29.7 Å². The standard InChI is InChI=1S/C20H19F3N4O2/c1-11(12-6-7-17(24-9-12)29-10-20(21,22)23)25-19(28)14-8-13(14)18-26-15-4-2-3-5-16(15)27-18/h2-7,9,11,13-14H,8,10H2,1H3,(H,25,28)(H,26,27)/t11-,13+,14+/m1/s1. The van der Waals surface area contributed by atoms with Gasteiger partial charge in [0.2, 0.25) is 11.8 Å². The minimum absolute atomic E-state index is 0.0610. The first-order chi connectivity index (χ1) is 13.8. The highest BCUT2D eigenvalue weighted by molar-refractivity contribution is 5.83. The summed E-state index contributed by atoms with van der Waals surface area (Å²) in [7, 11) is 0. The Hall–Kier alpha value is -3.10. The van der Waals surface area contributed by atoms with Crippen molar-refractivity contribution in [2.75, 3.05) is 6.61 Å². The maximum Gasteiger partial charge on any atom is 0.422 e. The van der Waals surface area contributed by atoms with Gasteiger partial charge in [-0.2, -0.15) is 13.2 Å². The molecule has 9 heteroatoms. The molecule has 0 spiro atoms. The lowest BCUT2D eigenvalue weighted by Crippen LogP contribution is -2.28. The number of pyridine rings is 1. The summed E-state index contributed by atoms with van der Waals surface area (Å²) in [6.45, 7) is 0.403. The minimum atomic E-state index is -4.41. The molecule has 0 aliphatic heterocycles. The van der Waals surface area contributed by atoms with Crippen molar-refractivity contribution in [2.45, 2.75) is 31.5 Å². The van der Waals surface area contributed by atoms with Crippen molar-refractivity contribution in [2.24, 2.45) is 5.92 Å². The number of H-pyrrole nitrogens is 1. The summed E-state index contributed by atoms with van der Waals surface area (Å²) in [6.07, 6.45) is -2.29. The molecule has 1 aliphatic carbocycles. The number of ether oxygens (including phenoxy) is 1. The fraction of sp³-hybridized carbons (Fsp3) is 0.350. The van der Waals surface area contributed by atoms with Gasteiger partial charge in [0, 0.05) is 24.1 Å². The highest BCUT2D eigenvalue weighted by Crippen LogP contribution is 2.47. The van der Waals surface area contributed by atoms with E-state index < -0.39 is 12.8 Å². The Bertz CT molecular complexity index is 983. The minimum Gasteiger partial charge on any atom is -0.468 e. The van der Waals surface area contributed by atoms with Crippen molar-refractivity contribution >= 4 is 16.9 Å². The van der Waals surface area contributed by atoms with E-state index in [1.165, 1.54) is 12.3 Å². The number of benzene rings is 1. The summed E-state index contributed by atoms with van der Waals surface area (Å²) < 4.78 is 41.1. The van der Waals surface area contributed by atoms with E-state index in [4.69, 9.17) is 0 Å². The molecule has 0 saturated heterocycles. The quantitative estimate of drug-likeness (QED) is 0.654. The van der Waals surface area contributed by atoms with Crippen LogP contribution < -0.4 is 10.1 Å². The van der Waals surface area contributed by atoms with Crippen molar-refractivity contribution in [3.05, 3.63) is 54.0 Å². The Labute approximate surface area is 164 Å². The Morgan fingerprint density at radius 3 is 2.79 bits per heavy atom. The van der Waals surface area contributed by atoms with E-state index >= 15 is 0 Å². The number of hydrogen-bond acceptors (Lipinski definition) is 4. The fourth-order valence-corrected chi connectivity index (χ4v) is 3.23. The number of fused-ring (bicyclic) bond motifs is 1. The first-order valence-corrected chi connectivity index (χ1v) is 9.21. The number of amides is 1. The molecule has 4 rings (SSSR count). The maximum absolute atomic E-state index is 12.5. The van der Waals surface area contributed by atoms with Gasteiger partial charge in [0.1, 0.15) is 5.82 Å². The van der Waals surface area contributed by atoms with E-state index in [1.807, 2.05) is 24.3 Å². The van der Waals surface area contributed by atoms with E-state index in [1.54, 1.807) is 13.0 Å². The van der Waals surface area contributed by atoms with Gasteiger partial charge in [-0.1, -0.05) is 18.2 Å². The van der Waals surface area contributed by atoms with Crippen LogP contribution in [0.2, 0.25) is 0 Å². The van der Waals surface area contributed by atoms with Crippen LogP contribution >= 0.6 is 0 Å². The van der Waals surface area contributed by atoms with Gasteiger partial charge in [-0.3, -0.25) is 4.79 Å². The van der Waals surface area contributed by atoms with Gasteiger partial charge in [0.15, 0.2) is 6.61 Å². The third kappa shape index (κ3) is 4.49. The van der Waals surface area contributed by atoms with E-state index in [0.717, 1.165) is 23.3 Å². The van der Waals surface area contributed by atoms with Gasteiger partial charge in [-0.15, -0.1) is 0 Å². The SMILES string of the molecule is C[C@@H](NC(=O)[C@H]1C[C@@H]1c1nc2ccccc2[nH]1)c1ccc(OCC(F)(F)F)nc1. The van der Waals surface area contributed by atoms with Crippen molar-refractivity contribution in [3.63, 3.8) is 0 Å². The molecule has 2 heterocycles. The van der Waals surface area contributed by atoms with Crippen LogP contribution in [0.3, 0.4) is 0 Å². The molecular formula is C20H19F3N4O2. The molecule has 152 valence electrons. The molecule has 0 radical (unpaired) electrons. The fourth-order valence-electron chi connectivity index (χ4n) is 3.23. The Kier molecular flexibility index (Phi) is 4.89. The van der Waals surface area contributed by atoms with Crippen molar-refractivity contribution < 1.29 is 22.7 Å². The molecule has 2 aromatic heterocycles. The van der Waals surface area contributed by atoms with Crippen molar-refractivity contribution in [3.8, 4) is 5.88 Å². The molecule has 0 unspecified atom stereocenters. The van der Waals surface area contributed by atoms with Gasteiger partial charge >= 0.3 is 6.18 Å². The van der Waals surface area contributed by atoms with Crippen LogP contribution in [0.15, 0.2) is 42.6 Å². The number of rotatable bonds is 6. The lowest BCUT2D eigenvalue weighted by Gasteiger charge is -2.15. The first-order valence-electron chi connectivity index (χ1n) is 9.21. The number of carbonyl (C=O) groups excluding carboxylic acids is 1. The number of nitrogens with zero attached hydrogens (tertiary/aromatic N) is 2. The Morgan fingerprint density at radius 2 is 2.10 bits per heavy atom. The highest BCUT2D eigenvalue weighted by Gasteiger charge is 2.46. The molecule has 3 atom stereocenters. The van der Waals surface area contributed by atoms with Gasteiger partial charge < -0.3 is 15.0 Å². The molecule has 1 aliphatic rings. The molecule has 1 amide bonds. The number of alkyl halides is 3. The largest absolute Gasteiger partial charge is 0.468 e. The van der Waals surface area contributed by atoms with Crippen LogP contribution in [-0.2, 0) is 4.79 Å². The monoisotopic (exact) mass is 404 g/mol. The van der Waals surface area contributed by atoms with Crippen LogP contribution in [-0.4, -0.2) is 33.6 Å². The molecule has 29 heavy (non-hydrogen) atoms. The number of nitrogens with one attached hydrogen (secondary N) is 2. The summed E-state index contributed by atoms with van der Waals surface area (Å²) in [6, 6.07) is 10.3. The van der Waals surface area contributed by atoms with E-state index in [9.17, 15) is 18.0 Å². The van der Waals surface area contributed by atoms with Gasteiger partial charge in [-0.05, 0) is 31.0 Å².